The molecule has 3 aromatic rings. The minimum Gasteiger partial charge on any atom is -0.435 e. The van der Waals surface area contributed by atoms with E-state index in [4.69, 9.17) is 16.3 Å². The molecular weight excluding hydrogens is 482 g/mol. The third-order valence-electron chi connectivity index (χ3n) is 4.31. The summed E-state index contributed by atoms with van der Waals surface area (Å²) >= 11 is 5.85. The fraction of sp³-hybridized carbons (Fsp3) is 0.263. The number of hydrogen-bond donors (Lipinski definition) is 2. The van der Waals surface area contributed by atoms with Gasteiger partial charge in [0.05, 0.1) is 23.3 Å². The van der Waals surface area contributed by atoms with Crippen molar-refractivity contribution in [3.8, 4) is 11.4 Å². The van der Waals surface area contributed by atoms with Gasteiger partial charge in [-0.05, 0) is 36.8 Å². The van der Waals surface area contributed by atoms with Gasteiger partial charge in [-0.2, -0.15) is 0 Å². The van der Waals surface area contributed by atoms with Crippen LogP contribution in [-0.2, 0) is 21.8 Å². The average Bonchev–Trinajstić information content (AvgIpc) is 3.07. The Morgan fingerprint density at radius 2 is 1.97 bits per heavy atom. The van der Waals surface area contributed by atoms with Crippen LogP contribution in [0.1, 0.15) is 17.4 Å². The van der Waals surface area contributed by atoms with Gasteiger partial charge in [-0.25, -0.2) is 31.7 Å². The molecule has 0 bridgehead atoms. The molecule has 2 heterocycles. The normalized spacial score (nSPS) is 12.5. The van der Waals surface area contributed by atoms with Gasteiger partial charge in [0.2, 0.25) is 10.0 Å². The summed E-state index contributed by atoms with van der Waals surface area (Å²) < 4.78 is 58.5. The van der Waals surface area contributed by atoms with Crippen molar-refractivity contribution in [2.24, 2.45) is 7.05 Å². The molecule has 1 atom stereocenters. The number of carbonyl (C=O) groups excluding carboxylic acids is 1. The van der Waals surface area contributed by atoms with Gasteiger partial charge in [0, 0.05) is 12.1 Å². The zero-order chi connectivity index (χ0) is 24.3. The third kappa shape index (κ3) is 6.14. The SMILES string of the molecule is Cc1nc(-c2nnn(C)c2NC(=O)OC(c2cccc(Cl)c2)C(F)F)ccc1NS(C)(=O)=O. The standard InChI is InChI=1S/C19H19ClF2N6O4S/c1-10-13(26-33(3,30)31)7-8-14(23-10)15-18(28(2)27-25-15)24-19(29)32-16(17(21)22)11-5-4-6-12(20)9-11/h4-9,16-17,26H,1-3H3,(H,24,29). The highest BCUT2D eigenvalue weighted by Crippen LogP contribution is 2.29. The minimum atomic E-state index is -3.51. The number of nitrogens with one attached hydrogen (secondary N) is 2. The molecule has 33 heavy (non-hydrogen) atoms. The molecule has 10 nitrogen and oxygen atoms in total. The lowest BCUT2D eigenvalue weighted by Crippen LogP contribution is -2.23. The number of anilines is 2. The lowest BCUT2D eigenvalue weighted by Gasteiger charge is -2.18. The first kappa shape index (κ1) is 24.3. The second-order valence-corrected chi connectivity index (χ2v) is 9.14. The number of rotatable bonds is 7. The summed E-state index contributed by atoms with van der Waals surface area (Å²) in [5, 5.41) is 10.3. The highest BCUT2D eigenvalue weighted by atomic mass is 35.5. The first-order valence-electron chi connectivity index (χ1n) is 9.31. The number of sulfonamides is 1. The fourth-order valence-electron chi connectivity index (χ4n) is 2.86. The second-order valence-electron chi connectivity index (χ2n) is 6.95. The van der Waals surface area contributed by atoms with E-state index in [-0.39, 0.29) is 33.5 Å². The van der Waals surface area contributed by atoms with E-state index in [9.17, 15) is 22.0 Å². The largest absolute Gasteiger partial charge is 0.435 e. The number of aryl methyl sites for hydroxylation is 2. The van der Waals surface area contributed by atoms with E-state index in [1.54, 1.807) is 6.92 Å². The van der Waals surface area contributed by atoms with Crippen molar-refractivity contribution in [2.75, 3.05) is 16.3 Å². The predicted molar refractivity (Wildman–Crippen MR) is 118 cm³/mol. The lowest BCUT2D eigenvalue weighted by molar-refractivity contribution is -0.0143. The molecule has 0 aliphatic heterocycles. The summed E-state index contributed by atoms with van der Waals surface area (Å²) in [5.74, 6) is 0.0369. The molecule has 3 rings (SSSR count). The maximum Gasteiger partial charge on any atom is 0.413 e. The number of pyridine rings is 1. The number of alkyl halides is 2. The Bertz CT molecular complexity index is 1290. The smallest absolute Gasteiger partial charge is 0.413 e. The number of amides is 1. The van der Waals surface area contributed by atoms with Crippen molar-refractivity contribution in [3.05, 3.63) is 52.7 Å². The molecule has 0 radical (unpaired) electrons. The first-order valence-corrected chi connectivity index (χ1v) is 11.6. The molecular formula is C19H19ClF2N6O4S. The van der Waals surface area contributed by atoms with Crippen molar-refractivity contribution < 1.29 is 26.7 Å². The molecule has 176 valence electrons. The van der Waals surface area contributed by atoms with Gasteiger partial charge in [0.15, 0.2) is 17.6 Å². The van der Waals surface area contributed by atoms with Crippen molar-refractivity contribution in [3.63, 3.8) is 0 Å². The van der Waals surface area contributed by atoms with Crippen LogP contribution in [0.4, 0.5) is 25.1 Å². The summed E-state index contributed by atoms with van der Waals surface area (Å²) in [6.45, 7) is 1.58. The quantitative estimate of drug-likeness (QED) is 0.505. The lowest BCUT2D eigenvalue weighted by atomic mass is 10.1. The van der Waals surface area contributed by atoms with Gasteiger partial charge < -0.3 is 4.74 Å². The Hall–Kier alpha value is -3.32. The van der Waals surface area contributed by atoms with Crippen molar-refractivity contribution >= 4 is 39.2 Å². The van der Waals surface area contributed by atoms with Gasteiger partial charge in [-0.3, -0.25) is 10.0 Å². The van der Waals surface area contributed by atoms with Crippen LogP contribution < -0.4 is 10.0 Å². The Balaban J connectivity index is 1.84. The number of carbonyl (C=O) groups is 1. The van der Waals surface area contributed by atoms with Gasteiger partial charge >= 0.3 is 6.09 Å². The zero-order valence-corrected chi connectivity index (χ0v) is 19.2. The number of hydrogen-bond acceptors (Lipinski definition) is 7. The molecule has 14 heteroatoms. The summed E-state index contributed by atoms with van der Waals surface area (Å²) in [6.07, 6.45) is -5.01. The zero-order valence-electron chi connectivity index (χ0n) is 17.6. The Labute approximate surface area is 193 Å². The molecule has 2 N–H and O–H groups in total. The summed E-state index contributed by atoms with van der Waals surface area (Å²) in [5.41, 5.74) is 1.02. The Morgan fingerprint density at radius 1 is 1.24 bits per heavy atom. The van der Waals surface area contributed by atoms with Gasteiger partial charge in [-0.15, -0.1) is 5.10 Å². The van der Waals surface area contributed by atoms with Crippen LogP contribution in [0.5, 0.6) is 0 Å². The molecule has 0 saturated heterocycles. The van der Waals surface area contributed by atoms with E-state index in [0.29, 0.717) is 5.69 Å². The molecule has 0 saturated carbocycles. The number of halogens is 3. The monoisotopic (exact) mass is 500 g/mol. The van der Waals surface area contributed by atoms with Crippen molar-refractivity contribution in [2.45, 2.75) is 19.5 Å². The van der Waals surface area contributed by atoms with Gasteiger partial charge in [0.1, 0.15) is 0 Å². The van der Waals surface area contributed by atoms with E-state index in [1.807, 2.05) is 0 Å². The highest BCUT2D eigenvalue weighted by molar-refractivity contribution is 7.92. The van der Waals surface area contributed by atoms with Gasteiger partial charge in [0.25, 0.3) is 6.43 Å². The van der Waals surface area contributed by atoms with Crippen LogP contribution >= 0.6 is 11.6 Å². The molecule has 1 aromatic carbocycles. The molecule has 1 amide bonds. The van der Waals surface area contributed by atoms with E-state index < -0.39 is 28.6 Å². The third-order valence-corrected chi connectivity index (χ3v) is 5.14. The first-order chi connectivity index (χ1) is 15.4. The maximum atomic E-state index is 13.5. The number of nitrogens with zero attached hydrogens (tertiary/aromatic N) is 4. The number of aromatic nitrogens is 4. The van der Waals surface area contributed by atoms with Crippen LogP contribution in [-0.4, -0.2) is 47.2 Å². The summed E-state index contributed by atoms with van der Waals surface area (Å²) in [4.78, 5) is 16.7. The van der Waals surface area contributed by atoms with Crippen LogP contribution in [0.25, 0.3) is 11.4 Å². The topological polar surface area (TPSA) is 128 Å². The molecule has 0 spiro atoms. The van der Waals surface area contributed by atoms with Crippen molar-refractivity contribution in [1.82, 2.24) is 20.0 Å². The Kier molecular flexibility index (Phi) is 7.12. The Morgan fingerprint density at radius 3 is 2.58 bits per heavy atom. The molecule has 1 unspecified atom stereocenters. The molecule has 0 fully saturated rings. The van der Waals surface area contributed by atoms with Crippen LogP contribution in [0.2, 0.25) is 5.02 Å². The summed E-state index contributed by atoms with van der Waals surface area (Å²) in [6, 6.07) is 8.56. The van der Waals surface area contributed by atoms with Crippen LogP contribution in [0.3, 0.4) is 0 Å². The minimum absolute atomic E-state index is 0.0299. The average molecular weight is 501 g/mol. The van der Waals surface area contributed by atoms with Crippen molar-refractivity contribution in [1.29, 1.82) is 0 Å². The molecule has 0 aliphatic rings. The second kappa shape index (κ2) is 9.67. The van der Waals surface area contributed by atoms with E-state index in [2.05, 4.69) is 25.3 Å². The molecule has 0 aliphatic carbocycles. The number of ether oxygens (including phenoxy) is 1. The maximum absolute atomic E-state index is 13.5. The van der Waals surface area contributed by atoms with E-state index in [1.165, 1.54) is 48.1 Å². The van der Waals surface area contributed by atoms with Crippen LogP contribution in [0, 0.1) is 6.92 Å². The highest BCUT2D eigenvalue weighted by Gasteiger charge is 2.28. The van der Waals surface area contributed by atoms with Gasteiger partial charge in [-0.1, -0.05) is 28.9 Å². The fourth-order valence-corrected chi connectivity index (χ4v) is 3.67. The predicted octanol–water partition coefficient (Wildman–Crippen LogP) is 3.77. The van der Waals surface area contributed by atoms with E-state index in [0.717, 1.165) is 6.26 Å². The molecule has 2 aromatic heterocycles. The summed E-state index contributed by atoms with van der Waals surface area (Å²) in [7, 11) is -2.03. The number of benzene rings is 1. The van der Waals surface area contributed by atoms with Crippen LogP contribution in [0.15, 0.2) is 36.4 Å². The van der Waals surface area contributed by atoms with E-state index >= 15 is 0 Å².